The first-order valence-electron chi connectivity index (χ1n) is 6.72. The first kappa shape index (κ1) is 16.9. The highest BCUT2D eigenvalue weighted by Gasteiger charge is 2.32. The van der Waals surface area contributed by atoms with Gasteiger partial charge in [0.05, 0.1) is 11.6 Å². The fourth-order valence-electron chi connectivity index (χ4n) is 2.17. The number of ether oxygens (including phenoxy) is 1. The van der Waals surface area contributed by atoms with Crippen molar-refractivity contribution in [3.05, 3.63) is 45.6 Å². The van der Waals surface area contributed by atoms with Crippen LogP contribution >= 0.6 is 27.7 Å². The Morgan fingerprint density at radius 2 is 2.05 bits per heavy atom. The van der Waals surface area contributed by atoms with Crippen molar-refractivity contribution >= 4 is 39.7 Å². The van der Waals surface area contributed by atoms with Crippen molar-refractivity contribution in [2.24, 2.45) is 0 Å². The summed E-state index contributed by atoms with van der Waals surface area (Å²) >= 11 is 4.98. The number of halogens is 1. The summed E-state index contributed by atoms with van der Waals surface area (Å²) in [6.45, 7) is 2.05. The molecule has 22 heavy (non-hydrogen) atoms. The molecular formula is C15H17BrN2O3S. The molecule has 1 aliphatic heterocycles. The minimum Gasteiger partial charge on any atom is -0.461 e. The molecule has 2 N–H and O–H groups in total. The fraction of sp³-hybridized carbons (Fsp3) is 0.333. The molecule has 0 unspecified atom stereocenters. The number of carbonyl (C=O) groups excluding carboxylic acids is 2. The van der Waals surface area contributed by atoms with Gasteiger partial charge in [-0.1, -0.05) is 28.1 Å². The van der Waals surface area contributed by atoms with Crippen LogP contribution < -0.4 is 10.6 Å². The molecule has 0 bridgehead atoms. The number of rotatable bonds is 5. The van der Waals surface area contributed by atoms with Crippen molar-refractivity contribution in [1.29, 1.82) is 0 Å². The van der Waals surface area contributed by atoms with E-state index in [2.05, 4.69) is 26.6 Å². The zero-order valence-electron chi connectivity index (χ0n) is 12.3. The summed E-state index contributed by atoms with van der Waals surface area (Å²) in [6, 6.07) is 6.63. The lowest BCUT2D eigenvalue weighted by molar-refractivity contribution is -0.138. The largest absolute Gasteiger partial charge is 0.461 e. The van der Waals surface area contributed by atoms with Gasteiger partial charge >= 0.3 is 12.0 Å². The van der Waals surface area contributed by atoms with E-state index >= 15 is 0 Å². The molecule has 1 heterocycles. The predicted molar refractivity (Wildman–Crippen MR) is 90.6 cm³/mol. The molecule has 0 fully saturated rings. The number of nitrogens with one attached hydrogen (secondary N) is 2. The summed E-state index contributed by atoms with van der Waals surface area (Å²) < 4.78 is 6.22. The average Bonchev–Trinajstić information content (AvgIpc) is 2.47. The number of hydrogen-bond acceptors (Lipinski definition) is 4. The number of carbonyl (C=O) groups is 2. The Bertz CT molecular complexity index is 601. The van der Waals surface area contributed by atoms with Gasteiger partial charge in [-0.15, -0.1) is 0 Å². The van der Waals surface area contributed by atoms with Crippen LogP contribution in [0.25, 0.3) is 0 Å². The predicted octanol–water partition coefficient (Wildman–Crippen LogP) is 2.98. The molecule has 1 atom stereocenters. The Kier molecular flexibility index (Phi) is 5.90. The number of allylic oxidation sites excluding steroid dienone is 1. The van der Waals surface area contributed by atoms with Gasteiger partial charge in [-0.2, -0.15) is 11.8 Å². The Labute approximate surface area is 142 Å². The Hall–Kier alpha value is -1.47. The SMILES string of the molecule is CSCCOC(=O)C1=C(C)NC(=O)N[C@@H]1c1ccc(Br)cc1. The Balaban J connectivity index is 2.28. The minimum atomic E-state index is -0.511. The molecule has 0 saturated heterocycles. The third-order valence-electron chi connectivity index (χ3n) is 3.21. The van der Waals surface area contributed by atoms with Crippen molar-refractivity contribution < 1.29 is 14.3 Å². The second-order valence-electron chi connectivity index (χ2n) is 4.75. The first-order valence-corrected chi connectivity index (χ1v) is 8.91. The van der Waals surface area contributed by atoms with Crippen LogP contribution in [0.4, 0.5) is 4.79 Å². The van der Waals surface area contributed by atoms with Crippen LogP contribution in [0, 0.1) is 0 Å². The van der Waals surface area contributed by atoms with Crippen LogP contribution in [0.15, 0.2) is 40.0 Å². The van der Waals surface area contributed by atoms with E-state index in [4.69, 9.17) is 4.74 Å². The summed E-state index contributed by atoms with van der Waals surface area (Å²) in [7, 11) is 0. The second kappa shape index (κ2) is 7.69. The summed E-state index contributed by atoms with van der Waals surface area (Å²) in [4.78, 5) is 24.1. The molecule has 1 aliphatic rings. The highest BCUT2D eigenvalue weighted by molar-refractivity contribution is 9.10. The topological polar surface area (TPSA) is 67.4 Å². The standard InChI is InChI=1S/C15H17BrN2O3S/c1-9-12(14(19)21-7-8-22-2)13(18-15(20)17-9)10-3-5-11(16)6-4-10/h3-6,13H,7-8H2,1-2H3,(H2,17,18,20)/t13-/m1/s1. The third kappa shape index (κ3) is 4.04. The van der Waals surface area contributed by atoms with Crippen molar-refractivity contribution in [2.75, 3.05) is 18.6 Å². The van der Waals surface area contributed by atoms with Crippen LogP contribution in [0.5, 0.6) is 0 Å². The van der Waals surface area contributed by atoms with Crippen LogP contribution in [0.1, 0.15) is 18.5 Å². The van der Waals surface area contributed by atoms with E-state index in [9.17, 15) is 9.59 Å². The van der Waals surface area contributed by atoms with E-state index in [1.54, 1.807) is 18.7 Å². The number of amides is 2. The van der Waals surface area contributed by atoms with Gasteiger partial charge in [0.25, 0.3) is 0 Å². The van der Waals surface area contributed by atoms with Gasteiger partial charge in [0.2, 0.25) is 0 Å². The van der Waals surface area contributed by atoms with E-state index in [0.29, 0.717) is 17.9 Å². The summed E-state index contributed by atoms with van der Waals surface area (Å²) in [5.74, 6) is 0.327. The lowest BCUT2D eigenvalue weighted by Crippen LogP contribution is -2.45. The van der Waals surface area contributed by atoms with E-state index in [-0.39, 0.29) is 6.03 Å². The number of benzene rings is 1. The summed E-state index contributed by atoms with van der Waals surface area (Å²) in [6.07, 6.45) is 1.95. The molecule has 2 rings (SSSR count). The number of urea groups is 1. The fourth-order valence-corrected chi connectivity index (χ4v) is 2.68. The lowest BCUT2D eigenvalue weighted by Gasteiger charge is -2.28. The van der Waals surface area contributed by atoms with Gasteiger partial charge in [-0.25, -0.2) is 9.59 Å². The molecule has 1 aromatic carbocycles. The highest BCUT2D eigenvalue weighted by atomic mass is 79.9. The van der Waals surface area contributed by atoms with Gasteiger partial charge in [0.15, 0.2) is 0 Å². The van der Waals surface area contributed by atoms with Gasteiger partial charge in [0, 0.05) is 15.9 Å². The van der Waals surface area contributed by atoms with Crippen molar-refractivity contribution in [2.45, 2.75) is 13.0 Å². The Morgan fingerprint density at radius 3 is 2.68 bits per heavy atom. The minimum absolute atomic E-state index is 0.328. The smallest absolute Gasteiger partial charge is 0.338 e. The molecule has 5 nitrogen and oxygen atoms in total. The van der Waals surface area contributed by atoms with Crippen LogP contribution in [-0.4, -0.2) is 30.6 Å². The van der Waals surface area contributed by atoms with Crippen LogP contribution in [0.2, 0.25) is 0 Å². The summed E-state index contributed by atoms with van der Waals surface area (Å²) in [5, 5.41) is 5.40. The summed E-state index contributed by atoms with van der Waals surface area (Å²) in [5.41, 5.74) is 1.78. The van der Waals surface area contributed by atoms with E-state index < -0.39 is 12.0 Å². The first-order chi connectivity index (χ1) is 10.5. The molecule has 118 valence electrons. The normalized spacial score (nSPS) is 17.8. The van der Waals surface area contributed by atoms with Crippen molar-refractivity contribution in [3.63, 3.8) is 0 Å². The van der Waals surface area contributed by atoms with E-state index in [1.165, 1.54) is 0 Å². The molecule has 1 aromatic rings. The van der Waals surface area contributed by atoms with E-state index in [0.717, 1.165) is 15.8 Å². The number of hydrogen-bond donors (Lipinski definition) is 2. The zero-order chi connectivity index (χ0) is 16.1. The number of esters is 1. The molecule has 0 radical (unpaired) electrons. The van der Waals surface area contributed by atoms with Crippen molar-refractivity contribution in [3.8, 4) is 0 Å². The maximum atomic E-state index is 12.4. The highest BCUT2D eigenvalue weighted by Crippen LogP contribution is 2.28. The quantitative estimate of drug-likeness (QED) is 0.604. The van der Waals surface area contributed by atoms with Gasteiger partial charge in [-0.3, -0.25) is 0 Å². The maximum absolute atomic E-state index is 12.4. The molecule has 7 heteroatoms. The molecule has 0 aromatic heterocycles. The van der Waals surface area contributed by atoms with Crippen LogP contribution in [0.3, 0.4) is 0 Å². The van der Waals surface area contributed by atoms with Gasteiger partial charge in [-0.05, 0) is 30.9 Å². The zero-order valence-corrected chi connectivity index (χ0v) is 14.7. The maximum Gasteiger partial charge on any atom is 0.338 e. The molecule has 0 spiro atoms. The Morgan fingerprint density at radius 1 is 1.36 bits per heavy atom. The van der Waals surface area contributed by atoms with Crippen molar-refractivity contribution in [1.82, 2.24) is 10.6 Å². The van der Waals surface area contributed by atoms with Gasteiger partial charge < -0.3 is 15.4 Å². The molecule has 2 amide bonds. The monoisotopic (exact) mass is 384 g/mol. The molecule has 0 saturated carbocycles. The second-order valence-corrected chi connectivity index (χ2v) is 6.65. The van der Waals surface area contributed by atoms with E-state index in [1.807, 2.05) is 30.5 Å². The third-order valence-corrected chi connectivity index (χ3v) is 4.32. The van der Waals surface area contributed by atoms with Gasteiger partial charge in [0.1, 0.15) is 6.61 Å². The molecule has 0 aliphatic carbocycles. The lowest BCUT2D eigenvalue weighted by atomic mass is 9.96. The molecular weight excluding hydrogens is 368 g/mol. The number of thioether (sulfide) groups is 1. The van der Waals surface area contributed by atoms with Crippen LogP contribution in [-0.2, 0) is 9.53 Å². The average molecular weight is 385 g/mol.